The highest BCUT2D eigenvalue weighted by molar-refractivity contribution is 9.10. The number of nitro benzene ring substituents is 1. The van der Waals surface area contributed by atoms with Gasteiger partial charge in [-0.15, -0.1) is 0 Å². The minimum absolute atomic E-state index is 0.00865. The summed E-state index contributed by atoms with van der Waals surface area (Å²) < 4.78 is 11.9. The van der Waals surface area contributed by atoms with E-state index in [9.17, 15) is 14.9 Å². The van der Waals surface area contributed by atoms with Crippen LogP contribution in [0.4, 0.5) is 5.69 Å². The molecule has 0 aliphatic heterocycles. The zero-order valence-electron chi connectivity index (χ0n) is 19.1. The van der Waals surface area contributed by atoms with Gasteiger partial charge >= 0.3 is 0 Å². The Morgan fingerprint density at radius 1 is 1.23 bits per heavy atom. The number of aryl methyl sites for hydroxylation is 2. The molecule has 0 fully saturated rings. The molecule has 0 radical (unpaired) electrons. The molecular weight excluding hydrogens is 538 g/mol. The molecule has 1 N–H and O–H groups in total. The lowest BCUT2D eigenvalue weighted by Crippen LogP contribution is -2.19. The molecular formula is C23H22BrN5O5S. The fourth-order valence-corrected chi connectivity index (χ4v) is 4.29. The molecule has 0 aliphatic rings. The Labute approximate surface area is 214 Å². The van der Waals surface area contributed by atoms with E-state index in [4.69, 9.17) is 9.47 Å². The largest absolute Gasteiger partial charge is 0.493 e. The van der Waals surface area contributed by atoms with Crippen LogP contribution in [0, 0.1) is 24.0 Å². The van der Waals surface area contributed by atoms with Crippen LogP contribution in [0.3, 0.4) is 0 Å². The van der Waals surface area contributed by atoms with E-state index < -0.39 is 4.92 Å². The maximum absolute atomic E-state index is 12.1. The Morgan fingerprint density at radius 3 is 2.66 bits per heavy atom. The number of nitrogens with zero attached hydrogens (tertiary/aromatic N) is 4. The Hall–Kier alpha value is -3.51. The van der Waals surface area contributed by atoms with Crippen LogP contribution in [-0.4, -0.2) is 39.9 Å². The number of carbonyl (C=O) groups excluding carboxylic acids is 1. The molecule has 12 heteroatoms. The zero-order chi connectivity index (χ0) is 25.4. The number of nitrogens with one attached hydrogen (secondary N) is 1. The molecule has 0 spiro atoms. The molecule has 1 heterocycles. The number of thioether (sulfide) groups is 1. The first kappa shape index (κ1) is 26.1. The molecule has 3 rings (SSSR count). The fraction of sp³-hybridized carbons (Fsp3) is 0.217. The fourth-order valence-electron chi connectivity index (χ4n) is 2.97. The number of rotatable bonds is 10. The Morgan fingerprint density at radius 2 is 1.97 bits per heavy atom. The van der Waals surface area contributed by atoms with Gasteiger partial charge in [-0.1, -0.05) is 23.9 Å². The quantitative estimate of drug-likeness (QED) is 0.125. The summed E-state index contributed by atoms with van der Waals surface area (Å²) in [6.45, 7) is 3.86. The highest BCUT2D eigenvalue weighted by Crippen LogP contribution is 2.37. The van der Waals surface area contributed by atoms with Crippen molar-refractivity contribution in [3.05, 3.63) is 79.6 Å². The zero-order valence-corrected chi connectivity index (χ0v) is 21.6. The summed E-state index contributed by atoms with van der Waals surface area (Å²) in [6.07, 6.45) is 1.48. The van der Waals surface area contributed by atoms with Crippen LogP contribution in [0.1, 0.15) is 22.5 Å². The van der Waals surface area contributed by atoms with Gasteiger partial charge in [0.2, 0.25) is 0 Å². The van der Waals surface area contributed by atoms with E-state index in [1.807, 2.05) is 19.9 Å². The lowest BCUT2D eigenvalue weighted by atomic mass is 10.2. The highest BCUT2D eigenvalue weighted by atomic mass is 79.9. The summed E-state index contributed by atoms with van der Waals surface area (Å²) in [7, 11) is 1.50. The second-order valence-electron chi connectivity index (χ2n) is 7.26. The van der Waals surface area contributed by atoms with Crippen molar-refractivity contribution in [1.29, 1.82) is 0 Å². The van der Waals surface area contributed by atoms with E-state index in [2.05, 4.69) is 36.4 Å². The molecule has 0 bridgehead atoms. The van der Waals surface area contributed by atoms with Crippen LogP contribution in [0.5, 0.6) is 11.5 Å². The number of hydrazone groups is 1. The topological polar surface area (TPSA) is 129 Å². The van der Waals surface area contributed by atoms with Crippen molar-refractivity contribution < 1.29 is 19.2 Å². The summed E-state index contributed by atoms with van der Waals surface area (Å²) >= 11 is 4.68. The van der Waals surface area contributed by atoms with Crippen molar-refractivity contribution in [3.63, 3.8) is 0 Å². The van der Waals surface area contributed by atoms with Gasteiger partial charge in [0.15, 0.2) is 16.7 Å². The SMILES string of the molecule is COc1cc(/C=N\NC(=O)CSc2nc(C)cc(C)n2)cc(Br)c1OCc1cccc([N+](=O)[O-])c1. The third-order valence-corrected chi connectivity index (χ3v) is 5.89. The van der Waals surface area contributed by atoms with Crippen LogP contribution in [0.15, 0.2) is 57.2 Å². The Bertz CT molecular complexity index is 1250. The first-order valence-electron chi connectivity index (χ1n) is 10.3. The summed E-state index contributed by atoms with van der Waals surface area (Å²) in [5.74, 6) is 0.694. The number of methoxy groups -OCH3 is 1. The van der Waals surface area contributed by atoms with Gasteiger partial charge in [0.05, 0.1) is 28.5 Å². The number of carbonyl (C=O) groups is 1. The molecule has 10 nitrogen and oxygen atoms in total. The molecule has 1 aromatic heterocycles. The van der Waals surface area contributed by atoms with Crippen LogP contribution < -0.4 is 14.9 Å². The van der Waals surface area contributed by atoms with Crippen molar-refractivity contribution in [3.8, 4) is 11.5 Å². The average molecular weight is 560 g/mol. The van der Waals surface area contributed by atoms with Crippen molar-refractivity contribution in [2.75, 3.05) is 12.9 Å². The number of halogens is 1. The number of amides is 1. The van der Waals surface area contributed by atoms with Crippen molar-refractivity contribution in [1.82, 2.24) is 15.4 Å². The normalized spacial score (nSPS) is 10.9. The number of non-ortho nitro benzene ring substituents is 1. The molecule has 3 aromatic rings. The van der Waals surface area contributed by atoms with E-state index in [-0.39, 0.29) is 24.0 Å². The molecule has 0 aliphatic carbocycles. The highest BCUT2D eigenvalue weighted by Gasteiger charge is 2.13. The van der Waals surface area contributed by atoms with E-state index in [1.165, 1.54) is 37.2 Å². The van der Waals surface area contributed by atoms with Crippen LogP contribution in [0.25, 0.3) is 0 Å². The third kappa shape index (κ3) is 7.76. The van der Waals surface area contributed by atoms with Gasteiger partial charge in [0.25, 0.3) is 11.6 Å². The minimum atomic E-state index is -0.455. The van der Waals surface area contributed by atoms with Gasteiger partial charge < -0.3 is 9.47 Å². The molecule has 2 aromatic carbocycles. The molecule has 0 unspecified atom stereocenters. The summed E-state index contributed by atoms with van der Waals surface area (Å²) in [5.41, 5.74) is 5.45. The molecule has 182 valence electrons. The maximum Gasteiger partial charge on any atom is 0.269 e. The lowest BCUT2D eigenvalue weighted by Gasteiger charge is -2.13. The first-order chi connectivity index (χ1) is 16.7. The number of aromatic nitrogens is 2. The predicted octanol–water partition coefficient (Wildman–Crippen LogP) is 4.59. The van der Waals surface area contributed by atoms with E-state index in [0.29, 0.717) is 32.3 Å². The van der Waals surface area contributed by atoms with E-state index >= 15 is 0 Å². The molecule has 1 amide bonds. The maximum atomic E-state index is 12.1. The average Bonchev–Trinajstić information content (AvgIpc) is 2.81. The smallest absolute Gasteiger partial charge is 0.269 e. The van der Waals surface area contributed by atoms with Gasteiger partial charge in [0, 0.05) is 23.5 Å². The second-order valence-corrected chi connectivity index (χ2v) is 9.06. The van der Waals surface area contributed by atoms with E-state index in [1.54, 1.807) is 24.3 Å². The first-order valence-corrected chi connectivity index (χ1v) is 12.0. The van der Waals surface area contributed by atoms with Gasteiger partial charge in [-0.2, -0.15) is 5.10 Å². The third-order valence-electron chi connectivity index (χ3n) is 4.45. The van der Waals surface area contributed by atoms with Gasteiger partial charge in [0.1, 0.15) is 6.61 Å². The molecule has 0 saturated heterocycles. The molecule has 35 heavy (non-hydrogen) atoms. The lowest BCUT2D eigenvalue weighted by molar-refractivity contribution is -0.384. The Kier molecular flexibility index (Phi) is 9.15. The second kappa shape index (κ2) is 12.3. The van der Waals surface area contributed by atoms with Crippen molar-refractivity contribution in [2.24, 2.45) is 5.10 Å². The van der Waals surface area contributed by atoms with Crippen LogP contribution in [-0.2, 0) is 11.4 Å². The number of ether oxygens (including phenoxy) is 2. The van der Waals surface area contributed by atoms with Gasteiger partial charge in [-0.05, 0) is 59.1 Å². The van der Waals surface area contributed by atoms with Gasteiger partial charge in [-0.25, -0.2) is 15.4 Å². The number of hydrogen-bond donors (Lipinski definition) is 1. The van der Waals surface area contributed by atoms with Crippen molar-refractivity contribution in [2.45, 2.75) is 25.6 Å². The summed E-state index contributed by atoms with van der Waals surface area (Å²) in [5, 5.41) is 15.5. The molecule has 0 saturated carbocycles. The minimum Gasteiger partial charge on any atom is -0.493 e. The number of nitro groups is 1. The monoisotopic (exact) mass is 559 g/mol. The van der Waals surface area contributed by atoms with Crippen molar-refractivity contribution >= 4 is 45.5 Å². The summed E-state index contributed by atoms with van der Waals surface area (Å²) in [6, 6.07) is 11.5. The Balaban J connectivity index is 1.60. The van der Waals surface area contributed by atoms with E-state index in [0.717, 1.165) is 11.4 Å². The van der Waals surface area contributed by atoms with Crippen LogP contribution in [0.2, 0.25) is 0 Å². The standard InChI is InChI=1S/C23H22BrN5O5S/c1-14-7-15(2)27-23(26-14)35-13-21(30)28-25-11-17-9-19(24)22(20(10-17)33-3)34-12-16-5-4-6-18(8-16)29(31)32/h4-11H,12-13H2,1-3H3,(H,28,30)/b25-11-. The summed E-state index contributed by atoms with van der Waals surface area (Å²) in [4.78, 5) is 31.2. The number of hydrogen-bond acceptors (Lipinski definition) is 9. The molecule has 0 atom stereocenters. The van der Waals surface area contributed by atoms with Gasteiger partial charge in [-0.3, -0.25) is 14.9 Å². The predicted molar refractivity (Wildman–Crippen MR) is 136 cm³/mol. The number of benzene rings is 2. The van der Waals surface area contributed by atoms with Crippen LogP contribution >= 0.6 is 27.7 Å².